The Balaban J connectivity index is 2.58. The molecule has 0 amide bonds. The highest BCUT2D eigenvalue weighted by atomic mass is 16.6. The van der Waals surface area contributed by atoms with Gasteiger partial charge in [-0.05, 0) is 19.8 Å². The monoisotopic (exact) mass is 217 g/mol. The summed E-state index contributed by atoms with van der Waals surface area (Å²) in [4.78, 5) is 21.4. The first-order chi connectivity index (χ1) is 7.05. The number of carbonyl (C=O) groups is 1. The molecule has 1 aliphatic rings. The van der Waals surface area contributed by atoms with Gasteiger partial charge in [0, 0.05) is 4.92 Å². The molecule has 1 rings (SSSR count). The fraction of sp³-hybridized carbons (Fsp3) is 0.889. The van der Waals surface area contributed by atoms with Crippen molar-refractivity contribution in [2.75, 3.05) is 13.2 Å². The lowest BCUT2D eigenvalue weighted by Crippen LogP contribution is -2.36. The Morgan fingerprint density at radius 1 is 1.67 bits per heavy atom. The van der Waals surface area contributed by atoms with Crippen LogP contribution in [0.15, 0.2) is 0 Å². The zero-order valence-electron chi connectivity index (χ0n) is 8.64. The maximum absolute atomic E-state index is 11.2. The van der Waals surface area contributed by atoms with Gasteiger partial charge in [0.2, 0.25) is 6.04 Å². The predicted molar refractivity (Wildman–Crippen MR) is 50.8 cm³/mol. The van der Waals surface area contributed by atoms with Crippen LogP contribution in [0.25, 0.3) is 0 Å². The number of esters is 1. The van der Waals surface area contributed by atoms with Crippen LogP contribution < -0.4 is 0 Å². The largest absolute Gasteiger partial charge is 0.466 e. The van der Waals surface area contributed by atoms with E-state index in [4.69, 9.17) is 9.84 Å². The third-order valence-electron chi connectivity index (χ3n) is 2.83. The molecule has 1 saturated carbocycles. The summed E-state index contributed by atoms with van der Waals surface area (Å²) >= 11 is 0. The Bertz CT molecular complexity index is 261. The second-order valence-electron chi connectivity index (χ2n) is 3.83. The second-order valence-corrected chi connectivity index (χ2v) is 3.83. The smallest absolute Gasteiger partial charge is 0.306 e. The first-order valence-electron chi connectivity index (χ1n) is 4.95. The first kappa shape index (κ1) is 11.9. The van der Waals surface area contributed by atoms with Crippen LogP contribution >= 0.6 is 0 Å². The first-order valence-corrected chi connectivity index (χ1v) is 4.95. The van der Waals surface area contributed by atoms with Gasteiger partial charge < -0.3 is 9.84 Å². The summed E-state index contributed by atoms with van der Waals surface area (Å²) in [5.74, 6) is -0.421. The second kappa shape index (κ2) is 4.57. The predicted octanol–water partition coefficient (Wildman–Crippen LogP) is 0.357. The summed E-state index contributed by atoms with van der Waals surface area (Å²) in [6, 6.07) is -1.04. The quantitative estimate of drug-likeness (QED) is 0.394. The van der Waals surface area contributed by atoms with E-state index < -0.39 is 29.0 Å². The lowest BCUT2D eigenvalue weighted by Gasteiger charge is -2.16. The molecule has 0 aliphatic heterocycles. The van der Waals surface area contributed by atoms with Crippen molar-refractivity contribution in [3.63, 3.8) is 0 Å². The Morgan fingerprint density at radius 3 is 2.60 bits per heavy atom. The van der Waals surface area contributed by atoms with E-state index in [2.05, 4.69) is 0 Å². The minimum Gasteiger partial charge on any atom is -0.466 e. The van der Waals surface area contributed by atoms with Gasteiger partial charge >= 0.3 is 5.97 Å². The molecule has 1 atom stereocenters. The van der Waals surface area contributed by atoms with E-state index >= 15 is 0 Å². The van der Waals surface area contributed by atoms with Gasteiger partial charge in [0.05, 0.1) is 18.4 Å². The number of hydrogen-bond acceptors (Lipinski definition) is 5. The molecular formula is C9H15NO5. The molecule has 86 valence electrons. The van der Waals surface area contributed by atoms with Gasteiger partial charge in [-0.3, -0.25) is 14.9 Å². The average Bonchev–Trinajstić information content (AvgIpc) is 2.86. The number of nitrogens with zero attached hydrogens (tertiary/aromatic N) is 1. The van der Waals surface area contributed by atoms with E-state index in [1.165, 1.54) is 0 Å². The van der Waals surface area contributed by atoms with E-state index in [0.29, 0.717) is 12.8 Å². The highest BCUT2D eigenvalue weighted by Crippen LogP contribution is 2.52. The van der Waals surface area contributed by atoms with Crippen LogP contribution in [0.1, 0.15) is 26.2 Å². The molecule has 0 unspecified atom stereocenters. The summed E-state index contributed by atoms with van der Waals surface area (Å²) in [5.41, 5.74) is -0.662. The molecule has 0 aromatic rings. The summed E-state index contributed by atoms with van der Waals surface area (Å²) in [5, 5.41) is 19.6. The lowest BCUT2D eigenvalue weighted by molar-refractivity contribution is -0.538. The van der Waals surface area contributed by atoms with Crippen molar-refractivity contribution in [2.24, 2.45) is 5.41 Å². The topological polar surface area (TPSA) is 89.7 Å². The summed E-state index contributed by atoms with van der Waals surface area (Å²) in [7, 11) is 0. The van der Waals surface area contributed by atoms with Crippen LogP contribution in [0.2, 0.25) is 0 Å². The molecule has 0 bridgehead atoms. The van der Waals surface area contributed by atoms with Crippen LogP contribution in [0.3, 0.4) is 0 Å². The lowest BCUT2D eigenvalue weighted by atomic mass is 9.93. The Hall–Kier alpha value is -1.17. The van der Waals surface area contributed by atoms with E-state index in [-0.39, 0.29) is 13.0 Å². The average molecular weight is 217 g/mol. The number of hydrogen-bond donors (Lipinski definition) is 1. The normalized spacial score (nSPS) is 19.3. The van der Waals surface area contributed by atoms with E-state index in [1.54, 1.807) is 6.92 Å². The van der Waals surface area contributed by atoms with Gasteiger partial charge in [-0.15, -0.1) is 0 Å². The van der Waals surface area contributed by atoms with Crippen molar-refractivity contribution in [3.05, 3.63) is 10.1 Å². The minimum absolute atomic E-state index is 0.0348. The van der Waals surface area contributed by atoms with Crippen LogP contribution in [0.5, 0.6) is 0 Å². The van der Waals surface area contributed by atoms with Crippen molar-refractivity contribution in [3.8, 4) is 0 Å². The van der Waals surface area contributed by atoms with Crippen molar-refractivity contribution < 1.29 is 19.6 Å². The zero-order valence-corrected chi connectivity index (χ0v) is 8.64. The van der Waals surface area contributed by atoms with Crippen LogP contribution in [-0.2, 0) is 9.53 Å². The van der Waals surface area contributed by atoms with Crippen molar-refractivity contribution in [2.45, 2.75) is 32.2 Å². The summed E-state index contributed by atoms with van der Waals surface area (Å²) in [6.45, 7) is 1.44. The minimum atomic E-state index is -1.04. The van der Waals surface area contributed by atoms with Gasteiger partial charge in [0.25, 0.3) is 0 Å². The maximum atomic E-state index is 11.2. The Labute approximate surface area is 87.4 Å². The van der Waals surface area contributed by atoms with Crippen molar-refractivity contribution >= 4 is 5.97 Å². The number of nitro groups is 1. The molecule has 1 fully saturated rings. The number of ether oxygens (including phenoxy) is 1. The summed E-state index contributed by atoms with van der Waals surface area (Å²) in [6.07, 6.45) is 1.25. The van der Waals surface area contributed by atoms with Crippen LogP contribution in [-0.4, -0.2) is 35.3 Å². The number of carbonyl (C=O) groups excluding carboxylic acids is 1. The van der Waals surface area contributed by atoms with Gasteiger partial charge in [-0.1, -0.05) is 0 Å². The molecule has 0 aromatic heterocycles. The SMILES string of the molecule is CCOC(=O)CC1([C@H](CO)[N+](=O)[O-])CC1. The van der Waals surface area contributed by atoms with Crippen molar-refractivity contribution in [1.29, 1.82) is 0 Å². The zero-order chi connectivity index (χ0) is 11.5. The number of rotatable bonds is 6. The molecule has 15 heavy (non-hydrogen) atoms. The fourth-order valence-corrected chi connectivity index (χ4v) is 1.77. The molecular weight excluding hydrogens is 202 g/mol. The molecule has 0 saturated heterocycles. The van der Waals surface area contributed by atoms with Crippen molar-refractivity contribution in [1.82, 2.24) is 0 Å². The molecule has 0 radical (unpaired) electrons. The molecule has 6 nitrogen and oxygen atoms in total. The fourth-order valence-electron chi connectivity index (χ4n) is 1.77. The maximum Gasteiger partial charge on any atom is 0.306 e. The standard InChI is InChI=1S/C9H15NO5/c1-2-15-8(12)5-9(3-4-9)7(6-11)10(13)14/h7,11H,2-6H2,1H3/t7-/m0/s1. The van der Waals surface area contributed by atoms with E-state index in [0.717, 1.165) is 0 Å². The third kappa shape index (κ3) is 2.65. The molecule has 1 N–H and O–H groups in total. The molecule has 1 aliphatic carbocycles. The van der Waals surface area contributed by atoms with E-state index in [9.17, 15) is 14.9 Å². The van der Waals surface area contributed by atoms with Gasteiger partial charge in [-0.25, -0.2) is 0 Å². The number of aliphatic hydroxyl groups is 1. The third-order valence-corrected chi connectivity index (χ3v) is 2.83. The molecule has 0 spiro atoms. The molecule has 6 heteroatoms. The summed E-state index contributed by atoms with van der Waals surface area (Å²) < 4.78 is 4.75. The van der Waals surface area contributed by atoms with Gasteiger partial charge in [-0.2, -0.15) is 0 Å². The highest BCUT2D eigenvalue weighted by Gasteiger charge is 2.57. The Morgan fingerprint density at radius 2 is 2.27 bits per heavy atom. The van der Waals surface area contributed by atoms with Gasteiger partial charge in [0.1, 0.15) is 6.61 Å². The molecule has 0 heterocycles. The van der Waals surface area contributed by atoms with Crippen LogP contribution in [0, 0.1) is 15.5 Å². The van der Waals surface area contributed by atoms with E-state index in [1.807, 2.05) is 0 Å². The Kier molecular flexibility index (Phi) is 3.62. The number of aliphatic hydroxyl groups excluding tert-OH is 1. The highest BCUT2D eigenvalue weighted by molar-refractivity contribution is 5.70. The molecule has 0 aromatic carbocycles. The van der Waals surface area contributed by atoms with Crippen LogP contribution in [0.4, 0.5) is 0 Å². The van der Waals surface area contributed by atoms with Gasteiger partial charge in [0.15, 0.2) is 0 Å².